The fraction of sp³-hybridized carbons (Fsp3) is 0. The lowest BCUT2D eigenvalue weighted by Crippen LogP contribution is -2.10. The Morgan fingerprint density at radius 2 is 0.820 bits per heavy atom. The van der Waals surface area contributed by atoms with Crippen LogP contribution in [-0.2, 0) is 0 Å². The number of benzene rings is 7. The summed E-state index contributed by atoms with van der Waals surface area (Å²) >= 11 is 0. The average Bonchev–Trinajstić information content (AvgIpc) is 3.58. The van der Waals surface area contributed by atoms with Gasteiger partial charge in [-0.05, 0) is 53.6 Å². The molecule has 0 saturated heterocycles. The number of hydrogen-bond donors (Lipinski definition) is 0. The average molecular weight is 643 g/mol. The van der Waals surface area contributed by atoms with Crippen LogP contribution in [0.2, 0.25) is 0 Å². The lowest BCUT2D eigenvalue weighted by atomic mass is 10.0. The van der Waals surface area contributed by atoms with Crippen LogP contribution in [0, 0.1) is 0 Å². The van der Waals surface area contributed by atoms with Gasteiger partial charge in [0, 0.05) is 38.8 Å². The van der Waals surface area contributed by atoms with Gasteiger partial charge < -0.3 is 9.32 Å². The van der Waals surface area contributed by atoms with Crippen molar-refractivity contribution < 1.29 is 4.42 Å². The number of nitrogens with zero attached hydrogens (tertiary/aromatic N) is 4. The number of para-hydroxylation sites is 2. The van der Waals surface area contributed by atoms with E-state index >= 15 is 0 Å². The van der Waals surface area contributed by atoms with Gasteiger partial charge in [0.25, 0.3) is 0 Å². The van der Waals surface area contributed by atoms with E-state index in [0.717, 1.165) is 61.3 Å². The lowest BCUT2D eigenvalue weighted by Gasteiger charge is -2.26. The Morgan fingerprint density at radius 3 is 1.42 bits per heavy atom. The Balaban J connectivity index is 1.30. The molecule has 0 N–H and O–H groups in total. The van der Waals surface area contributed by atoms with Gasteiger partial charge in [0.15, 0.2) is 23.1 Å². The molecule has 9 rings (SSSR count). The summed E-state index contributed by atoms with van der Waals surface area (Å²) in [7, 11) is 0. The van der Waals surface area contributed by atoms with Crippen molar-refractivity contribution in [1.82, 2.24) is 15.0 Å². The molecule has 7 aromatic carbocycles. The molecule has 9 aromatic rings. The predicted molar refractivity (Wildman–Crippen MR) is 204 cm³/mol. The summed E-state index contributed by atoms with van der Waals surface area (Å²) in [5, 5.41) is 2.01. The quantitative estimate of drug-likeness (QED) is 0.173. The van der Waals surface area contributed by atoms with Crippen LogP contribution in [0.5, 0.6) is 0 Å². The fourth-order valence-corrected chi connectivity index (χ4v) is 6.48. The summed E-state index contributed by atoms with van der Waals surface area (Å²) in [4.78, 5) is 17.4. The molecule has 5 heteroatoms. The van der Waals surface area contributed by atoms with Crippen molar-refractivity contribution in [2.24, 2.45) is 0 Å². The van der Waals surface area contributed by atoms with Gasteiger partial charge in [-0.15, -0.1) is 0 Å². The molecule has 0 amide bonds. The van der Waals surface area contributed by atoms with E-state index < -0.39 is 0 Å². The molecule has 2 aromatic heterocycles. The molecule has 0 fully saturated rings. The topological polar surface area (TPSA) is 55.1 Å². The Kier molecular flexibility index (Phi) is 7.41. The van der Waals surface area contributed by atoms with Gasteiger partial charge in [-0.3, -0.25) is 0 Å². The van der Waals surface area contributed by atoms with Crippen molar-refractivity contribution in [1.29, 1.82) is 0 Å². The molecule has 0 bridgehead atoms. The zero-order valence-corrected chi connectivity index (χ0v) is 27.0. The molecule has 0 saturated carbocycles. The predicted octanol–water partition coefficient (Wildman–Crippen LogP) is 11.9. The molecule has 0 aliphatic heterocycles. The number of fused-ring (bicyclic) bond motifs is 3. The zero-order valence-electron chi connectivity index (χ0n) is 27.0. The van der Waals surface area contributed by atoms with E-state index in [1.807, 2.05) is 91.0 Å². The zero-order chi connectivity index (χ0) is 33.3. The third-order valence-electron chi connectivity index (χ3n) is 8.90. The van der Waals surface area contributed by atoms with Gasteiger partial charge in [-0.2, -0.15) is 0 Å². The summed E-state index contributed by atoms with van der Waals surface area (Å²) in [5.41, 5.74) is 9.52. The highest BCUT2D eigenvalue weighted by Gasteiger charge is 2.23. The van der Waals surface area contributed by atoms with Crippen LogP contribution in [0.1, 0.15) is 0 Å². The number of anilines is 3. The van der Waals surface area contributed by atoms with Crippen LogP contribution in [0.15, 0.2) is 186 Å². The summed E-state index contributed by atoms with van der Waals surface area (Å²) in [6.45, 7) is 0. The molecule has 0 atom stereocenters. The van der Waals surface area contributed by atoms with Crippen LogP contribution in [0.3, 0.4) is 0 Å². The first-order valence-electron chi connectivity index (χ1n) is 16.6. The van der Waals surface area contributed by atoms with Crippen LogP contribution in [0.4, 0.5) is 17.1 Å². The van der Waals surface area contributed by atoms with Crippen LogP contribution in [-0.4, -0.2) is 15.0 Å². The number of furan rings is 1. The van der Waals surface area contributed by atoms with Crippen LogP contribution in [0.25, 0.3) is 67.2 Å². The van der Waals surface area contributed by atoms with E-state index in [4.69, 9.17) is 19.4 Å². The maximum atomic E-state index is 6.68. The highest BCUT2D eigenvalue weighted by Crippen LogP contribution is 2.44. The lowest BCUT2D eigenvalue weighted by molar-refractivity contribution is 0.669. The fourth-order valence-electron chi connectivity index (χ4n) is 6.48. The van der Waals surface area contributed by atoms with Crippen molar-refractivity contribution >= 4 is 39.0 Å². The minimum absolute atomic E-state index is 0.582. The van der Waals surface area contributed by atoms with Crippen molar-refractivity contribution in [3.8, 4) is 45.3 Å². The highest BCUT2D eigenvalue weighted by molar-refractivity contribution is 6.12. The van der Waals surface area contributed by atoms with E-state index in [1.165, 1.54) is 5.56 Å². The van der Waals surface area contributed by atoms with Gasteiger partial charge in [-0.25, -0.2) is 15.0 Å². The molecule has 50 heavy (non-hydrogen) atoms. The first-order chi connectivity index (χ1) is 24.8. The van der Waals surface area contributed by atoms with Crippen molar-refractivity contribution in [3.63, 3.8) is 0 Å². The third kappa shape index (κ3) is 5.47. The number of aromatic nitrogens is 3. The summed E-state index contributed by atoms with van der Waals surface area (Å²) < 4.78 is 6.68. The summed E-state index contributed by atoms with van der Waals surface area (Å²) in [5.74, 6) is 1.81. The highest BCUT2D eigenvalue weighted by atomic mass is 16.3. The van der Waals surface area contributed by atoms with Gasteiger partial charge in [0.1, 0.15) is 5.58 Å². The van der Waals surface area contributed by atoms with Gasteiger partial charge >= 0.3 is 0 Å². The monoisotopic (exact) mass is 642 g/mol. The minimum Gasteiger partial charge on any atom is -0.454 e. The summed E-state index contributed by atoms with van der Waals surface area (Å²) in [6.07, 6.45) is 0. The Morgan fingerprint density at radius 1 is 0.360 bits per heavy atom. The smallest absolute Gasteiger partial charge is 0.164 e. The van der Waals surface area contributed by atoms with E-state index in [1.54, 1.807) is 0 Å². The Hall–Kier alpha value is -6.85. The largest absolute Gasteiger partial charge is 0.454 e. The standard InChI is InChI=1S/C45H30N4O/c1-5-15-31(16-6-1)32-25-27-37(28-26-32)49(36-21-11-4-12-22-36)40-30-35(29-39-38-23-13-14-24-41(38)50-42(39)40)45-47-43(33-17-7-2-8-18-33)46-44(48-45)34-19-9-3-10-20-34/h1-30H. The SMILES string of the molecule is c1ccc(-c2ccc(N(c3ccccc3)c3cc(-c4nc(-c5ccccc5)nc(-c5ccccc5)n4)cc4c3oc3ccccc34)cc2)cc1. The number of hydrogen-bond acceptors (Lipinski definition) is 5. The van der Waals surface area contributed by atoms with E-state index in [2.05, 4.69) is 95.9 Å². The van der Waals surface area contributed by atoms with E-state index in [-0.39, 0.29) is 0 Å². The van der Waals surface area contributed by atoms with Crippen molar-refractivity contribution in [3.05, 3.63) is 182 Å². The maximum Gasteiger partial charge on any atom is 0.164 e. The minimum atomic E-state index is 0.582. The van der Waals surface area contributed by atoms with E-state index in [9.17, 15) is 0 Å². The second kappa shape index (κ2) is 12.6. The normalized spacial score (nSPS) is 11.2. The second-order valence-electron chi connectivity index (χ2n) is 12.1. The molecule has 0 aliphatic rings. The van der Waals surface area contributed by atoms with Crippen LogP contribution < -0.4 is 4.90 Å². The first-order valence-corrected chi connectivity index (χ1v) is 16.6. The molecular weight excluding hydrogens is 613 g/mol. The van der Waals surface area contributed by atoms with Crippen LogP contribution >= 0.6 is 0 Å². The molecule has 0 spiro atoms. The molecule has 0 radical (unpaired) electrons. The van der Waals surface area contributed by atoms with Crippen molar-refractivity contribution in [2.75, 3.05) is 4.90 Å². The molecule has 0 unspecified atom stereocenters. The molecule has 0 aliphatic carbocycles. The van der Waals surface area contributed by atoms with E-state index in [0.29, 0.717) is 17.5 Å². The van der Waals surface area contributed by atoms with Gasteiger partial charge in [0.2, 0.25) is 0 Å². The molecule has 2 heterocycles. The molecular formula is C45H30N4O. The second-order valence-corrected chi connectivity index (χ2v) is 12.1. The van der Waals surface area contributed by atoms with Crippen molar-refractivity contribution in [2.45, 2.75) is 0 Å². The third-order valence-corrected chi connectivity index (χ3v) is 8.90. The Labute approximate surface area is 289 Å². The molecule has 236 valence electrons. The first kappa shape index (κ1) is 29.3. The van der Waals surface area contributed by atoms with Gasteiger partial charge in [0.05, 0.1) is 5.69 Å². The maximum absolute atomic E-state index is 6.68. The summed E-state index contributed by atoms with van der Waals surface area (Å²) in [6, 6.07) is 62.1. The van der Waals surface area contributed by atoms with Gasteiger partial charge in [-0.1, -0.05) is 140 Å². The number of rotatable bonds is 7. The Bertz CT molecular complexity index is 2510. The molecule has 5 nitrogen and oxygen atoms in total.